The van der Waals surface area contributed by atoms with Crippen molar-refractivity contribution < 1.29 is 18.3 Å². The number of nitriles is 1. The van der Waals surface area contributed by atoms with Crippen LogP contribution in [-0.2, 0) is 11.3 Å². The van der Waals surface area contributed by atoms with E-state index in [0.717, 1.165) is 29.7 Å². The molecule has 4 rings (SSSR count). The quantitative estimate of drug-likeness (QED) is 0.543. The Hall–Kier alpha value is -3.77. The molecule has 1 amide bonds. The summed E-state index contributed by atoms with van der Waals surface area (Å²) < 4.78 is 32.1. The Balaban J connectivity index is 1.92. The van der Waals surface area contributed by atoms with Gasteiger partial charge < -0.3 is 9.64 Å². The Bertz CT molecular complexity index is 1400. The number of amides is 1. The molecule has 34 heavy (non-hydrogen) atoms. The predicted molar refractivity (Wildman–Crippen MR) is 125 cm³/mol. The van der Waals surface area contributed by atoms with Crippen LogP contribution in [-0.4, -0.2) is 35.1 Å². The second-order valence-corrected chi connectivity index (χ2v) is 8.73. The number of rotatable bonds is 6. The molecule has 1 fully saturated rings. The molecule has 2 aromatic carbocycles. The highest BCUT2D eigenvalue weighted by Crippen LogP contribution is 2.20. The number of alkyl halides is 2. The number of aromatic nitrogens is 1. The average molecular weight is 482 g/mol. The molecule has 0 bridgehead atoms. The minimum Gasteiger partial charge on any atom is -0.434 e. The maximum absolute atomic E-state index is 13.4. The van der Waals surface area contributed by atoms with E-state index < -0.39 is 18.1 Å². The van der Waals surface area contributed by atoms with Gasteiger partial charge in [0.05, 0.1) is 11.1 Å². The van der Waals surface area contributed by atoms with Crippen LogP contribution in [0.15, 0.2) is 59.4 Å². The lowest BCUT2D eigenvalue weighted by atomic mass is 10.2. The minimum absolute atomic E-state index is 0.0703. The monoisotopic (exact) mass is 481 g/mol. The molecule has 1 aliphatic heterocycles. The Morgan fingerprint density at radius 3 is 2.47 bits per heavy atom. The van der Waals surface area contributed by atoms with E-state index in [0.29, 0.717) is 18.7 Å². The smallest absolute Gasteiger partial charge is 0.387 e. The molecule has 0 unspecified atom stereocenters. The molecule has 174 valence electrons. The average Bonchev–Trinajstić information content (AvgIpc) is 3.46. The van der Waals surface area contributed by atoms with E-state index in [9.17, 15) is 23.6 Å². The third kappa shape index (κ3) is 5.07. The lowest BCUT2D eigenvalue weighted by Crippen LogP contribution is -2.36. The first-order valence-electron chi connectivity index (χ1n) is 10.7. The zero-order chi connectivity index (χ0) is 24.1. The molecule has 0 radical (unpaired) electrons. The highest BCUT2D eigenvalue weighted by Gasteiger charge is 2.24. The number of halogens is 2. The molecule has 0 aliphatic carbocycles. The van der Waals surface area contributed by atoms with Gasteiger partial charge in [0.2, 0.25) is 0 Å². The van der Waals surface area contributed by atoms with Crippen LogP contribution in [0.2, 0.25) is 0 Å². The van der Waals surface area contributed by atoms with Gasteiger partial charge in [0.25, 0.3) is 11.5 Å². The van der Waals surface area contributed by atoms with Gasteiger partial charge in [-0.3, -0.25) is 14.2 Å². The molecule has 9 heteroatoms. The van der Waals surface area contributed by atoms with E-state index in [1.165, 1.54) is 16.7 Å². The van der Waals surface area contributed by atoms with E-state index in [-0.39, 0.29) is 27.1 Å². The number of nitrogens with zero attached hydrogens (tertiary/aromatic N) is 3. The number of para-hydroxylation sites is 1. The zero-order valence-corrected chi connectivity index (χ0v) is 18.9. The van der Waals surface area contributed by atoms with Crippen molar-refractivity contribution in [1.82, 2.24) is 9.47 Å². The predicted octanol–water partition coefficient (Wildman–Crippen LogP) is 2.68. The van der Waals surface area contributed by atoms with Gasteiger partial charge >= 0.3 is 6.61 Å². The van der Waals surface area contributed by atoms with Crippen LogP contribution in [0.4, 0.5) is 8.78 Å². The Labute approximate surface area is 198 Å². The molecule has 0 atom stereocenters. The van der Waals surface area contributed by atoms with Gasteiger partial charge in [-0.1, -0.05) is 48.5 Å². The summed E-state index contributed by atoms with van der Waals surface area (Å²) in [6.45, 7) is -1.72. The van der Waals surface area contributed by atoms with Crippen molar-refractivity contribution in [2.45, 2.75) is 26.0 Å². The molecule has 6 nitrogen and oxygen atoms in total. The number of ether oxygens (including phenoxy) is 1. The lowest BCUT2D eigenvalue weighted by molar-refractivity contribution is -0.123. The topological polar surface area (TPSA) is 75.3 Å². The molecule has 1 aromatic heterocycles. The van der Waals surface area contributed by atoms with Crippen LogP contribution in [0.5, 0.6) is 5.75 Å². The van der Waals surface area contributed by atoms with Crippen LogP contribution >= 0.6 is 11.3 Å². The SMILES string of the molecule is N#CC(C(=O)N1CCCC1)=c1sc(=Cc2ccccc2OC(F)F)c(=O)n1Cc1ccccc1. The first-order valence-corrected chi connectivity index (χ1v) is 11.5. The summed E-state index contributed by atoms with van der Waals surface area (Å²) in [4.78, 5) is 28.1. The number of benzene rings is 2. The second-order valence-electron chi connectivity index (χ2n) is 7.70. The third-order valence-electron chi connectivity index (χ3n) is 5.45. The number of carbonyl (C=O) groups excluding carboxylic acids is 1. The second kappa shape index (κ2) is 10.4. The molecular formula is C25H21F2N3O3S. The molecule has 1 aliphatic rings. The first kappa shape index (κ1) is 23.4. The standard InChI is InChI=1S/C25H21F2N3O3S/c26-25(27)33-20-11-5-4-10-18(20)14-21-23(32)30(16-17-8-2-1-3-9-17)24(34-21)19(15-28)22(31)29-12-6-7-13-29/h1-5,8-11,14,25H,6-7,12-13,16H2. The summed E-state index contributed by atoms with van der Waals surface area (Å²) in [6, 6.07) is 17.4. The summed E-state index contributed by atoms with van der Waals surface area (Å²) >= 11 is 0.992. The Morgan fingerprint density at radius 1 is 1.12 bits per heavy atom. The number of hydrogen-bond donors (Lipinski definition) is 0. The molecule has 0 saturated carbocycles. The molecular weight excluding hydrogens is 460 g/mol. The largest absolute Gasteiger partial charge is 0.434 e. The van der Waals surface area contributed by atoms with Gasteiger partial charge in [-0.15, -0.1) is 11.3 Å². The number of hydrogen-bond acceptors (Lipinski definition) is 5. The minimum atomic E-state index is -3.01. The highest BCUT2D eigenvalue weighted by atomic mass is 32.1. The fourth-order valence-electron chi connectivity index (χ4n) is 3.82. The Morgan fingerprint density at radius 2 is 1.79 bits per heavy atom. The number of likely N-dealkylation sites (tertiary alicyclic amines) is 1. The number of carbonyl (C=O) groups is 1. The van der Waals surface area contributed by atoms with Gasteiger partial charge in [-0.05, 0) is 30.5 Å². The van der Waals surface area contributed by atoms with Crippen LogP contribution in [0.1, 0.15) is 24.0 Å². The van der Waals surface area contributed by atoms with Crippen LogP contribution in [0.3, 0.4) is 0 Å². The van der Waals surface area contributed by atoms with Crippen LogP contribution in [0, 0.1) is 11.3 Å². The van der Waals surface area contributed by atoms with Gasteiger partial charge in [0, 0.05) is 18.7 Å². The van der Waals surface area contributed by atoms with Crippen molar-refractivity contribution in [3.8, 4) is 11.8 Å². The van der Waals surface area contributed by atoms with E-state index in [1.807, 2.05) is 36.4 Å². The summed E-state index contributed by atoms with van der Waals surface area (Å²) in [5.41, 5.74) is 0.598. The van der Waals surface area contributed by atoms with E-state index in [2.05, 4.69) is 4.74 Å². The fraction of sp³-hybridized carbons (Fsp3) is 0.240. The van der Waals surface area contributed by atoms with E-state index in [4.69, 9.17) is 0 Å². The first-order chi connectivity index (χ1) is 16.5. The summed E-state index contributed by atoms with van der Waals surface area (Å²) in [7, 11) is 0. The maximum atomic E-state index is 13.4. The van der Waals surface area contributed by atoms with Gasteiger partial charge in [0.1, 0.15) is 16.5 Å². The summed E-state index contributed by atoms with van der Waals surface area (Å²) in [6.07, 6.45) is 3.18. The Kier molecular flexibility index (Phi) is 7.18. The molecule has 0 spiro atoms. The zero-order valence-electron chi connectivity index (χ0n) is 18.1. The fourth-order valence-corrected chi connectivity index (χ4v) is 4.91. The van der Waals surface area contributed by atoms with Gasteiger partial charge in [-0.2, -0.15) is 14.0 Å². The van der Waals surface area contributed by atoms with Crippen LogP contribution in [0.25, 0.3) is 11.6 Å². The van der Waals surface area contributed by atoms with Crippen molar-refractivity contribution in [1.29, 1.82) is 5.26 Å². The van der Waals surface area contributed by atoms with Crippen molar-refractivity contribution in [2.75, 3.05) is 13.1 Å². The van der Waals surface area contributed by atoms with Gasteiger partial charge in [-0.25, -0.2) is 0 Å². The molecule has 1 saturated heterocycles. The van der Waals surface area contributed by atoms with Crippen LogP contribution < -0.4 is 19.5 Å². The van der Waals surface area contributed by atoms with Gasteiger partial charge in [0.15, 0.2) is 5.57 Å². The maximum Gasteiger partial charge on any atom is 0.387 e. The number of thiazole rings is 1. The lowest BCUT2D eigenvalue weighted by Gasteiger charge is -2.14. The summed E-state index contributed by atoms with van der Waals surface area (Å²) in [5.74, 6) is -0.477. The third-order valence-corrected chi connectivity index (χ3v) is 6.58. The normalized spacial score (nSPS) is 14.9. The van der Waals surface area contributed by atoms with Crippen molar-refractivity contribution in [2.24, 2.45) is 0 Å². The van der Waals surface area contributed by atoms with Crippen molar-refractivity contribution in [3.05, 3.63) is 85.3 Å². The molecule has 3 aromatic rings. The summed E-state index contributed by atoms with van der Waals surface area (Å²) in [5, 5.41) is 9.88. The molecule has 0 N–H and O–H groups in total. The van der Waals surface area contributed by atoms with Crippen molar-refractivity contribution >= 4 is 28.9 Å². The molecule has 2 heterocycles. The van der Waals surface area contributed by atoms with E-state index in [1.54, 1.807) is 23.1 Å². The highest BCUT2D eigenvalue weighted by molar-refractivity contribution is 7.07. The van der Waals surface area contributed by atoms with Crippen molar-refractivity contribution in [3.63, 3.8) is 0 Å². The van der Waals surface area contributed by atoms with E-state index >= 15 is 0 Å².